The fourth-order valence-corrected chi connectivity index (χ4v) is 3.74. The Bertz CT molecular complexity index is 1060. The summed E-state index contributed by atoms with van der Waals surface area (Å²) in [5.41, 5.74) is 2.73. The number of hydrogen-bond acceptors (Lipinski definition) is 5. The number of carbonyl (C=O) groups is 1. The summed E-state index contributed by atoms with van der Waals surface area (Å²) in [4.78, 5) is 17.1. The average Bonchev–Trinajstić information content (AvgIpc) is 3.17. The maximum atomic E-state index is 12.3. The van der Waals surface area contributed by atoms with Crippen molar-refractivity contribution in [3.05, 3.63) is 59.7 Å². The van der Waals surface area contributed by atoms with Crippen LogP contribution in [0.3, 0.4) is 0 Å². The van der Waals surface area contributed by atoms with Gasteiger partial charge < -0.3 is 14.8 Å². The number of amides is 1. The zero-order valence-electron chi connectivity index (χ0n) is 15.5. The van der Waals surface area contributed by atoms with Crippen molar-refractivity contribution < 1.29 is 14.3 Å². The van der Waals surface area contributed by atoms with E-state index >= 15 is 0 Å². The van der Waals surface area contributed by atoms with Gasteiger partial charge in [-0.15, -0.1) is 0 Å². The lowest BCUT2D eigenvalue weighted by molar-refractivity contribution is -0.116. The normalized spacial score (nSPS) is 17.8. The molecule has 1 aromatic heterocycles. The van der Waals surface area contributed by atoms with Crippen LogP contribution >= 0.6 is 0 Å². The van der Waals surface area contributed by atoms with Crippen LogP contribution in [0.4, 0.5) is 5.69 Å². The molecule has 0 saturated carbocycles. The summed E-state index contributed by atoms with van der Waals surface area (Å²) in [6.07, 6.45) is 1.05. The van der Waals surface area contributed by atoms with E-state index in [2.05, 4.69) is 5.32 Å². The fourth-order valence-electron chi connectivity index (χ4n) is 3.74. The zero-order valence-corrected chi connectivity index (χ0v) is 15.5. The molecule has 0 aliphatic carbocycles. The highest BCUT2D eigenvalue weighted by atomic mass is 16.6. The first-order chi connectivity index (χ1) is 13.7. The number of carbonyl (C=O) groups excluding carboxylic acids is 1. The largest absolute Gasteiger partial charge is 0.486 e. The Morgan fingerprint density at radius 2 is 1.96 bits per heavy atom. The molecule has 3 heterocycles. The molecule has 0 fully saturated rings. The molecule has 1 N–H and O–H groups in total. The summed E-state index contributed by atoms with van der Waals surface area (Å²) >= 11 is 0. The Morgan fingerprint density at radius 1 is 1.14 bits per heavy atom. The van der Waals surface area contributed by atoms with Gasteiger partial charge in [0.15, 0.2) is 17.3 Å². The third-order valence-electron chi connectivity index (χ3n) is 5.07. The van der Waals surface area contributed by atoms with E-state index < -0.39 is 0 Å². The molecule has 0 saturated heterocycles. The second-order valence-electron chi connectivity index (χ2n) is 6.87. The van der Waals surface area contributed by atoms with Crippen molar-refractivity contribution in [2.24, 2.45) is 0 Å². The van der Waals surface area contributed by atoms with E-state index in [1.54, 1.807) is 0 Å². The standard InChI is InChI=1S/C21H20N4O3/c1-2-19-23-21(15-12-20(26)22-16-6-4-3-5-14(15)16)25(24-19)13-7-8-17-18(11-13)28-10-9-27-17/h3-8,11,15H,2,9-10,12H2,1H3,(H,22,26)/t15-/m0/s1. The highest BCUT2D eigenvalue weighted by Gasteiger charge is 2.31. The van der Waals surface area contributed by atoms with E-state index in [1.807, 2.05) is 54.1 Å². The Kier molecular flexibility index (Phi) is 4.00. The van der Waals surface area contributed by atoms with Crippen molar-refractivity contribution in [3.8, 4) is 17.2 Å². The molecule has 2 aliphatic rings. The van der Waals surface area contributed by atoms with Gasteiger partial charge in [0.25, 0.3) is 0 Å². The van der Waals surface area contributed by atoms with Crippen LogP contribution in [0.5, 0.6) is 11.5 Å². The number of fused-ring (bicyclic) bond motifs is 2. The fraction of sp³-hybridized carbons (Fsp3) is 0.286. The molecule has 2 aromatic carbocycles. The summed E-state index contributed by atoms with van der Waals surface area (Å²) < 4.78 is 13.2. The molecule has 0 spiro atoms. The monoisotopic (exact) mass is 376 g/mol. The molecule has 7 heteroatoms. The van der Waals surface area contributed by atoms with Gasteiger partial charge in [-0.25, -0.2) is 9.67 Å². The molecule has 142 valence electrons. The first-order valence-corrected chi connectivity index (χ1v) is 9.47. The summed E-state index contributed by atoms with van der Waals surface area (Å²) in [5.74, 6) is 2.76. The van der Waals surface area contributed by atoms with E-state index in [0.29, 0.717) is 31.8 Å². The SMILES string of the molecule is CCc1nc([C@H]2CC(=O)Nc3ccccc32)n(-c2ccc3c(c2)OCCO3)n1. The molecular weight excluding hydrogens is 356 g/mol. The van der Waals surface area contributed by atoms with Gasteiger partial charge in [-0.3, -0.25) is 4.79 Å². The van der Waals surface area contributed by atoms with E-state index in [-0.39, 0.29) is 11.8 Å². The van der Waals surface area contributed by atoms with Crippen molar-refractivity contribution in [2.45, 2.75) is 25.7 Å². The molecule has 0 radical (unpaired) electrons. The zero-order chi connectivity index (χ0) is 19.1. The first-order valence-electron chi connectivity index (χ1n) is 9.47. The Hall–Kier alpha value is -3.35. The van der Waals surface area contributed by atoms with Crippen LogP contribution in [0.25, 0.3) is 5.69 Å². The molecule has 1 amide bonds. The van der Waals surface area contributed by atoms with Gasteiger partial charge in [0.1, 0.15) is 19.0 Å². The minimum Gasteiger partial charge on any atom is -0.486 e. The van der Waals surface area contributed by atoms with Crippen molar-refractivity contribution in [1.82, 2.24) is 14.8 Å². The number of hydrogen-bond donors (Lipinski definition) is 1. The molecule has 0 bridgehead atoms. The summed E-state index contributed by atoms with van der Waals surface area (Å²) in [7, 11) is 0. The summed E-state index contributed by atoms with van der Waals surface area (Å²) in [6.45, 7) is 3.10. The van der Waals surface area contributed by atoms with Gasteiger partial charge in [-0.05, 0) is 23.8 Å². The van der Waals surface area contributed by atoms with Crippen molar-refractivity contribution >= 4 is 11.6 Å². The number of ether oxygens (including phenoxy) is 2. The molecule has 1 atom stereocenters. The van der Waals surface area contributed by atoms with Crippen LogP contribution in [-0.4, -0.2) is 33.9 Å². The minimum absolute atomic E-state index is 0.0153. The van der Waals surface area contributed by atoms with Gasteiger partial charge >= 0.3 is 0 Å². The Balaban J connectivity index is 1.64. The predicted molar refractivity (Wildman–Crippen MR) is 103 cm³/mol. The minimum atomic E-state index is -0.161. The smallest absolute Gasteiger partial charge is 0.225 e. The maximum Gasteiger partial charge on any atom is 0.225 e. The number of aryl methyl sites for hydroxylation is 1. The summed E-state index contributed by atoms with van der Waals surface area (Å²) in [6, 6.07) is 13.6. The lowest BCUT2D eigenvalue weighted by Crippen LogP contribution is -2.25. The lowest BCUT2D eigenvalue weighted by atomic mass is 9.90. The Morgan fingerprint density at radius 3 is 2.82 bits per heavy atom. The highest BCUT2D eigenvalue weighted by Crippen LogP contribution is 2.38. The third-order valence-corrected chi connectivity index (χ3v) is 5.07. The Labute approximate surface area is 162 Å². The van der Waals surface area contributed by atoms with Crippen LogP contribution in [0.2, 0.25) is 0 Å². The lowest BCUT2D eigenvalue weighted by Gasteiger charge is -2.25. The first kappa shape index (κ1) is 16.8. The van der Waals surface area contributed by atoms with Crippen LogP contribution in [0.15, 0.2) is 42.5 Å². The number of nitrogens with zero attached hydrogens (tertiary/aromatic N) is 3. The van der Waals surface area contributed by atoms with E-state index in [9.17, 15) is 4.79 Å². The van der Waals surface area contributed by atoms with Crippen LogP contribution in [0.1, 0.15) is 36.5 Å². The van der Waals surface area contributed by atoms with E-state index in [1.165, 1.54) is 0 Å². The topological polar surface area (TPSA) is 78.3 Å². The van der Waals surface area contributed by atoms with Crippen molar-refractivity contribution in [2.75, 3.05) is 18.5 Å². The molecule has 7 nitrogen and oxygen atoms in total. The molecule has 5 rings (SSSR count). The maximum absolute atomic E-state index is 12.3. The number of benzene rings is 2. The number of para-hydroxylation sites is 1. The second-order valence-corrected chi connectivity index (χ2v) is 6.87. The molecule has 0 unspecified atom stereocenters. The van der Waals surface area contributed by atoms with E-state index in [0.717, 1.165) is 34.3 Å². The molecule has 2 aliphatic heterocycles. The van der Waals surface area contributed by atoms with Crippen molar-refractivity contribution in [1.29, 1.82) is 0 Å². The summed E-state index contributed by atoms with van der Waals surface area (Å²) in [5, 5.41) is 7.65. The third kappa shape index (κ3) is 2.79. The number of anilines is 1. The van der Waals surface area contributed by atoms with Gasteiger partial charge in [0, 0.05) is 24.6 Å². The van der Waals surface area contributed by atoms with Gasteiger partial charge in [-0.1, -0.05) is 25.1 Å². The predicted octanol–water partition coefficient (Wildman–Crippen LogP) is 3.08. The molecule has 28 heavy (non-hydrogen) atoms. The van der Waals surface area contributed by atoms with Crippen LogP contribution in [0, 0.1) is 0 Å². The van der Waals surface area contributed by atoms with Crippen LogP contribution in [-0.2, 0) is 11.2 Å². The number of rotatable bonds is 3. The van der Waals surface area contributed by atoms with Crippen LogP contribution < -0.4 is 14.8 Å². The number of aromatic nitrogens is 3. The number of nitrogens with one attached hydrogen (secondary N) is 1. The van der Waals surface area contributed by atoms with E-state index in [4.69, 9.17) is 19.6 Å². The quantitative estimate of drug-likeness (QED) is 0.760. The van der Waals surface area contributed by atoms with Gasteiger partial charge in [0.2, 0.25) is 5.91 Å². The van der Waals surface area contributed by atoms with Gasteiger partial charge in [-0.2, -0.15) is 5.10 Å². The highest BCUT2D eigenvalue weighted by molar-refractivity contribution is 5.95. The van der Waals surface area contributed by atoms with Crippen molar-refractivity contribution in [3.63, 3.8) is 0 Å². The second kappa shape index (κ2) is 6.67. The molecule has 3 aromatic rings. The average molecular weight is 376 g/mol. The van der Waals surface area contributed by atoms with Gasteiger partial charge in [0.05, 0.1) is 11.6 Å². The molecular formula is C21H20N4O3.